The average molecular weight is 718 g/mol. The predicted octanol–water partition coefficient (Wildman–Crippen LogP) is 7.37. The number of halogens is 1. The highest BCUT2D eigenvalue weighted by molar-refractivity contribution is 5.76. The van der Waals surface area contributed by atoms with Gasteiger partial charge in [0.05, 0.1) is 19.6 Å². The molecule has 0 aromatic heterocycles. The second-order valence-corrected chi connectivity index (χ2v) is 17.7. The summed E-state index contributed by atoms with van der Waals surface area (Å²) in [4.78, 5) is 13.4. The lowest BCUT2D eigenvalue weighted by atomic mass is 9.44. The average Bonchev–Trinajstić information content (AvgIpc) is 3.46. The van der Waals surface area contributed by atoms with Crippen molar-refractivity contribution in [1.82, 2.24) is 9.80 Å². The van der Waals surface area contributed by atoms with Crippen LogP contribution >= 0.6 is 0 Å². The molecule has 264 valence electrons. The monoisotopic (exact) mass is 716 g/mol. The van der Waals surface area contributed by atoms with Gasteiger partial charge in [-0.2, -0.15) is 0 Å². The maximum atomic E-state index is 13.4. The maximum absolute atomic E-state index is 13.4. The SMILES string of the molecule is C[C@H](CCC(=O)NC1CC[N+](CCCc2ccccc2)(c2ccccc2)CC1)[C@H]1CC[C@H]2[C@@H]3CCC4CCCC[C@]4(C)[C@H]3CC[C@]12C.[Br-]. The van der Waals surface area contributed by atoms with Crippen LogP contribution in [-0.2, 0) is 11.2 Å². The van der Waals surface area contributed by atoms with Crippen molar-refractivity contribution in [2.45, 2.75) is 130 Å². The number of nitrogens with zero attached hydrogens (tertiary/aromatic N) is 1. The maximum Gasteiger partial charge on any atom is 0.220 e. The number of quaternary nitrogens is 1. The predicted molar refractivity (Wildman–Crippen MR) is 197 cm³/mol. The Morgan fingerprint density at radius 1 is 0.812 bits per heavy atom. The highest BCUT2D eigenvalue weighted by atomic mass is 79.9. The molecule has 7 rings (SSSR count). The van der Waals surface area contributed by atoms with Gasteiger partial charge in [-0.1, -0.05) is 82.1 Å². The van der Waals surface area contributed by atoms with Gasteiger partial charge in [0.15, 0.2) is 0 Å². The first-order valence-electron chi connectivity index (χ1n) is 20.1. The molecule has 5 fully saturated rings. The molecule has 0 bridgehead atoms. The van der Waals surface area contributed by atoms with Crippen molar-refractivity contribution >= 4 is 11.6 Å². The van der Waals surface area contributed by atoms with Crippen LogP contribution in [0.1, 0.15) is 123 Å². The fourth-order valence-corrected chi connectivity index (χ4v) is 12.9. The van der Waals surface area contributed by atoms with E-state index in [0.29, 0.717) is 35.1 Å². The third-order valence-electron chi connectivity index (χ3n) is 15.5. The molecule has 2 aromatic carbocycles. The summed E-state index contributed by atoms with van der Waals surface area (Å²) in [7, 11) is 0. The summed E-state index contributed by atoms with van der Waals surface area (Å²) in [5.41, 5.74) is 4.01. The summed E-state index contributed by atoms with van der Waals surface area (Å²) in [5.74, 6) is 5.64. The zero-order chi connectivity index (χ0) is 32.5. The summed E-state index contributed by atoms with van der Waals surface area (Å²) < 4.78 is 1.06. The van der Waals surface area contributed by atoms with Gasteiger partial charge in [0.2, 0.25) is 5.91 Å². The first-order chi connectivity index (χ1) is 22.8. The third kappa shape index (κ3) is 7.10. The number of carbonyl (C=O) groups is 1. The van der Waals surface area contributed by atoms with Crippen LogP contribution < -0.4 is 26.8 Å². The normalized spacial score (nSPS) is 38.1. The van der Waals surface area contributed by atoms with Gasteiger partial charge in [-0.05, 0) is 128 Å². The molecule has 0 spiro atoms. The Morgan fingerprint density at radius 3 is 2.27 bits per heavy atom. The van der Waals surface area contributed by atoms with Crippen LogP contribution in [0.4, 0.5) is 5.69 Å². The van der Waals surface area contributed by atoms with Gasteiger partial charge in [0, 0.05) is 31.7 Å². The summed E-state index contributed by atoms with van der Waals surface area (Å²) in [6.07, 6.45) is 21.0. The summed E-state index contributed by atoms with van der Waals surface area (Å²) in [6, 6.07) is 22.4. The van der Waals surface area contributed by atoms with Crippen LogP contribution in [0.25, 0.3) is 0 Å². The standard InChI is InChI=1S/C44H64N2O.BrH/c1-33(39-22-23-40-38-21-20-35-16-10-11-28-43(35,2)41(38)25-29-44(39,40)3)19-24-42(47)45-36-26-31-46(32-27-36,37-17-8-5-9-18-37)30-12-15-34-13-6-4-7-14-34;/h4-9,13-14,17-18,33,35-36,38-41H,10-12,15-16,19-32H2,1-3H3;1H/t33-,35?,36?,38+,39-,40+,41+,43+,44-,46?;/m1./s1. The Bertz CT molecular complexity index is 1320. The molecule has 0 radical (unpaired) electrons. The van der Waals surface area contributed by atoms with Crippen molar-refractivity contribution in [3.8, 4) is 0 Å². The molecule has 48 heavy (non-hydrogen) atoms. The first-order valence-corrected chi connectivity index (χ1v) is 20.1. The van der Waals surface area contributed by atoms with E-state index >= 15 is 0 Å². The van der Waals surface area contributed by atoms with E-state index in [0.717, 1.165) is 72.8 Å². The Kier molecular flexibility index (Phi) is 11.5. The second kappa shape index (κ2) is 15.3. The summed E-state index contributed by atoms with van der Waals surface area (Å²) in [5, 5.41) is 3.52. The molecule has 1 unspecified atom stereocenters. The molecule has 4 heteroatoms. The number of amides is 1. The first kappa shape index (κ1) is 36.2. The Labute approximate surface area is 303 Å². The van der Waals surface area contributed by atoms with E-state index in [4.69, 9.17) is 0 Å². The number of hydrogen-bond acceptors (Lipinski definition) is 1. The van der Waals surface area contributed by atoms with Crippen molar-refractivity contribution in [2.75, 3.05) is 19.6 Å². The Morgan fingerprint density at radius 2 is 1.52 bits per heavy atom. The van der Waals surface area contributed by atoms with Crippen LogP contribution in [0.15, 0.2) is 60.7 Å². The highest BCUT2D eigenvalue weighted by Crippen LogP contribution is 2.68. The number of rotatable bonds is 10. The lowest BCUT2D eigenvalue weighted by Gasteiger charge is -2.61. The molecule has 1 amide bonds. The Balaban J connectivity index is 0.00000401. The van der Waals surface area contributed by atoms with E-state index < -0.39 is 0 Å². The molecule has 5 aliphatic rings. The van der Waals surface area contributed by atoms with Crippen molar-refractivity contribution in [3.63, 3.8) is 0 Å². The van der Waals surface area contributed by atoms with Crippen LogP contribution in [0.2, 0.25) is 0 Å². The van der Waals surface area contributed by atoms with Crippen molar-refractivity contribution in [2.24, 2.45) is 46.3 Å². The van der Waals surface area contributed by atoms with Gasteiger partial charge >= 0.3 is 0 Å². The number of para-hydroxylation sites is 1. The second-order valence-electron chi connectivity index (χ2n) is 17.7. The minimum Gasteiger partial charge on any atom is -1.00 e. The van der Waals surface area contributed by atoms with E-state index in [1.807, 2.05) is 0 Å². The largest absolute Gasteiger partial charge is 1.00 e. The number of fused-ring (bicyclic) bond motifs is 5. The van der Waals surface area contributed by atoms with Crippen molar-refractivity contribution in [3.05, 3.63) is 66.2 Å². The highest BCUT2D eigenvalue weighted by Gasteiger charge is 2.60. The fourth-order valence-electron chi connectivity index (χ4n) is 12.9. The summed E-state index contributed by atoms with van der Waals surface area (Å²) >= 11 is 0. The van der Waals surface area contributed by atoms with Crippen LogP contribution in [0, 0.1) is 46.3 Å². The topological polar surface area (TPSA) is 29.1 Å². The van der Waals surface area contributed by atoms with Crippen LogP contribution in [-0.4, -0.2) is 31.6 Å². The number of piperidine rings is 1. The van der Waals surface area contributed by atoms with Crippen LogP contribution in [0.5, 0.6) is 0 Å². The molecule has 1 aliphatic heterocycles. The molecule has 4 saturated carbocycles. The van der Waals surface area contributed by atoms with Gasteiger partial charge in [-0.25, -0.2) is 0 Å². The van der Waals surface area contributed by atoms with Gasteiger partial charge in [-0.15, -0.1) is 0 Å². The molecule has 1 heterocycles. The van der Waals surface area contributed by atoms with Crippen molar-refractivity contribution < 1.29 is 21.8 Å². The molecule has 3 nitrogen and oxygen atoms in total. The van der Waals surface area contributed by atoms with Gasteiger partial charge < -0.3 is 22.3 Å². The minimum atomic E-state index is 0. The number of likely N-dealkylation sites (tertiary alicyclic amines) is 1. The molecule has 4 aliphatic carbocycles. The van der Waals surface area contributed by atoms with E-state index in [-0.39, 0.29) is 17.0 Å². The smallest absolute Gasteiger partial charge is 0.220 e. The number of benzene rings is 2. The summed E-state index contributed by atoms with van der Waals surface area (Å²) in [6.45, 7) is 11.3. The van der Waals surface area contributed by atoms with Crippen molar-refractivity contribution in [1.29, 1.82) is 0 Å². The van der Waals surface area contributed by atoms with Crippen LogP contribution in [0.3, 0.4) is 0 Å². The molecule has 8 atom stereocenters. The Hall–Kier alpha value is -1.65. The minimum absolute atomic E-state index is 0. The molecule has 1 N–H and O–H groups in total. The quantitative estimate of drug-likeness (QED) is 0.256. The molecular formula is C44H65BrN2O. The van der Waals surface area contributed by atoms with Gasteiger partial charge in [0.25, 0.3) is 0 Å². The van der Waals surface area contributed by atoms with Gasteiger partial charge in [-0.3, -0.25) is 9.28 Å². The zero-order valence-electron chi connectivity index (χ0n) is 30.5. The number of nitrogens with one attached hydrogen (secondary N) is 1. The third-order valence-corrected chi connectivity index (χ3v) is 15.5. The lowest BCUT2D eigenvalue weighted by Crippen LogP contribution is -3.00. The van der Waals surface area contributed by atoms with E-state index in [9.17, 15) is 4.79 Å². The zero-order valence-corrected chi connectivity index (χ0v) is 32.1. The lowest BCUT2D eigenvalue weighted by molar-refractivity contribution is -0.123. The van der Waals surface area contributed by atoms with Gasteiger partial charge in [0.1, 0.15) is 5.69 Å². The number of hydrogen-bond donors (Lipinski definition) is 1. The molecular weight excluding hydrogens is 652 g/mol. The number of carbonyl (C=O) groups excluding carboxylic acids is 1. The molecule has 1 saturated heterocycles. The van der Waals surface area contributed by atoms with E-state index in [1.165, 1.54) is 88.4 Å². The number of aryl methyl sites for hydroxylation is 1. The van der Waals surface area contributed by atoms with E-state index in [1.54, 1.807) is 0 Å². The van der Waals surface area contributed by atoms with E-state index in [2.05, 4.69) is 86.8 Å². The molecule has 2 aromatic rings. The fraction of sp³-hybridized carbons (Fsp3) is 0.705.